The number of likely N-dealkylation sites (tertiary alicyclic amines) is 1. The van der Waals surface area contributed by atoms with E-state index in [1.54, 1.807) is 18.4 Å². The van der Waals surface area contributed by atoms with Crippen molar-refractivity contribution in [2.45, 2.75) is 19.3 Å². The Hall–Kier alpha value is -2.86. The summed E-state index contributed by atoms with van der Waals surface area (Å²) in [4.78, 5) is 29.1. The van der Waals surface area contributed by atoms with E-state index in [9.17, 15) is 9.59 Å². The zero-order valence-electron chi connectivity index (χ0n) is 17.1. The molecule has 1 aliphatic rings. The van der Waals surface area contributed by atoms with Crippen molar-refractivity contribution in [2.75, 3.05) is 26.7 Å². The van der Waals surface area contributed by atoms with E-state index in [1.165, 1.54) is 4.88 Å². The number of nitrogens with one attached hydrogen (secondary N) is 1. The molecule has 3 aromatic rings. The Morgan fingerprint density at radius 2 is 1.97 bits per heavy atom. The van der Waals surface area contributed by atoms with Gasteiger partial charge >= 0.3 is 0 Å². The molecule has 4 rings (SSSR count). The molecule has 2 aromatic carbocycles. The molecule has 1 fully saturated rings. The molecule has 1 unspecified atom stereocenters. The SMILES string of the molecule is COc1ccc(C(=O)N2CCCC(C(=O)NCCc3cccs3)C2)c2ccccc12. The third kappa shape index (κ3) is 4.33. The zero-order chi connectivity index (χ0) is 20.9. The van der Waals surface area contributed by atoms with Crippen molar-refractivity contribution in [3.8, 4) is 5.75 Å². The first-order valence-corrected chi connectivity index (χ1v) is 11.2. The summed E-state index contributed by atoms with van der Waals surface area (Å²) in [6, 6.07) is 15.6. The average Bonchev–Trinajstić information content (AvgIpc) is 3.31. The molecule has 0 bridgehead atoms. The van der Waals surface area contributed by atoms with Crippen molar-refractivity contribution in [1.82, 2.24) is 10.2 Å². The average molecular weight is 423 g/mol. The molecule has 1 saturated heterocycles. The Labute approximate surface area is 180 Å². The van der Waals surface area contributed by atoms with E-state index in [2.05, 4.69) is 11.4 Å². The largest absolute Gasteiger partial charge is 0.496 e. The summed E-state index contributed by atoms with van der Waals surface area (Å²) in [6.07, 6.45) is 2.50. The number of rotatable bonds is 6. The Morgan fingerprint density at radius 1 is 1.13 bits per heavy atom. The van der Waals surface area contributed by atoms with E-state index < -0.39 is 0 Å². The molecule has 1 aliphatic heterocycles. The number of hydrogen-bond donors (Lipinski definition) is 1. The number of benzene rings is 2. The number of methoxy groups -OCH3 is 1. The van der Waals surface area contributed by atoms with Gasteiger partial charge in [0, 0.05) is 35.5 Å². The van der Waals surface area contributed by atoms with Gasteiger partial charge in [-0.2, -0.15) is 0 Å². The zero-order valence-corrected chi connectivity index (χ0v) is 17.9. The standard InChI is InChI=1S/C24H26N2O3S/c1-29-22-11-10-21(19-8-2-3-9-20(19)22)24(28)26-14-4-6-17(16-26)23(27)25-13-12-18-7-5-15-30-18/h2-3,5,7-11,15,17H,4,6,12-14,16H2,1H3,(H,25,27). The van der Waals surface area contributed by atoms with Crippen LogP contribution in [0.4, 0.5) is 0 Å². The van der Waals surface area contributed by atoms with Crippen LogP contribution in [0.2, 0.25) is 0 Å². The number of fused-ring (bicyclic) bond motifs is 1. The summed E-state index contributed by atoms with van der Waals surface area (Å²) >= 11 is 1.70. The van der Waals surface area contributed by atoms with Crippen LogP contribution in [0.5, 0.6) is 5.75 Å². The van der Waals surface area contributed by atoms with Crippen molar-refractivity contribution in [3.05, 3.63) is 64.4 Å². The van der Waals surface area contributed by atoms with Crippen LogP contribution < -0.4 is 10.1 Å². The van der Waals surface area contributed by atoms with Gasteiger partial charge in [-0.05, 0) is 48.2 Å². The lowest BCUT2D eigenvalue weighted by atomic mass is 9.95. The van der Waals surface area contributed by atoms with Gasteiger partial charge in [-0.1, -0.05) is 30.3 Å². The van der Waals surface area contributed by atoms with Gasteiger partial charge in [0.05, 0.1) is 13.0 Å². The fraction of sp³-hybridized carbons (Fsp3) is 0.333. The van der Waals surface area contributed by atoms with Crippen LogP contribution in [-0.2, 0) is 11.2 Å². The van der Waals surface area contributed by atoms with Gasteiger partial charge in [-0.25, -0.2) is 0 Å². The molecule has 1 aromatic heterocycles. The molecule has 2 amide bonds. The Bertz CT molecular complexity index is 1030. The highest BCUT2D eigenvalue weighted by molar-refractivity contribution is 7.09. The van der Waals surface area contributed by atoms with Gasteiger partial charge in [0.2, 0.25) is 5.91 Å². The van der Waals surface area contributed by atoms with Crippen LogP contribution in [0.1, 0.15) is 28.1 Å². The maximum atomic E-state index is 13.3. The fourth-order valence-electron chi connectivity index (χ4n) is 4.09. The fourth-order valence-corrected chi connectivity index (χ4v) is 4.80. The molecule has 2 heterocycles. The van der Waals surface area contributed by atoms with Gasteiger partial charge in [-0.3, -0.25) is 9.59 Å². The molecular formula is C24H26N2O3S. The summed E-state index contributed by atoms with van der Waals surface area (Å²) in [7, 11) is 1.63. The minimum absolute atomic E-state index is 0.0232. The summed E-state index contributed by atoms with van der Waals surface area (Å²) in [6.45, 7) is 1.77. The number of piperidine rings is 1. The third-order valence-corrected chi connectivity index (χ3v) is 6.60. The van der Waals surface area contributed by atoms with Gasteiger partial charge in [0.15, 0.2) is 0 Å². The lowest BCUT2D eigenvalue weighted by Gasteiger charge is -2.32. The van der Waals surface area contributed by atoms with Crippen molar-refractivity contribution >= 4 is 33.9 Å². The molecule has 0 aliphatic carbocycles. The van der Waals surface area contributed by atoms with Crippen molar-refractivity contribution in [1.29, 1.82) is 0 Å². The van der Waals surface area contributed by atoms with Gasteiger partial charge in [-0.15, -0.1) is 11.3 Å². The molecular weight excluding hydrogens is 396 g/mol. The van der Waals surface area contributed by atoms with E-state index in [1.807, 2.05) is 52.7 Å². The van der Waals surface area contributed by atoms with E-state index in [-0.39, 0.29) is 17.7 Å². The van der Waals surface area contributed by atoms with Crippen LogP contribution in [0.25, 0.3) is 10.8 Å². The number of nitrogens with zero attached hydrogens (tertiary/aromatic N) is 1. The normalized spacial score (nSPS) is 16.4. The van der Waals surface area contributed by atoms with Crippen LogP contribution in [0, 0.1) is 5.92 Å². The summed E-state index contributed by atoms with van der Waals surface area (Å²) in [5.74, 6) is 0.618. The molecule has 5 nitrogen and oxygen atoms in total. The van der Waals surface area contributed by atoms with E-state index in [0.717, 1.165) is 35.8 Å². The van der Waals surface area contributed by atoms with Crippen molar-refractivity contribution < 1.29 is 14.3 Å². The quantitative estimate of drug-likeness (QED) is 0.650. The number of hydrogen-bond acceptors (Lipinski definition) is 4. The molecule has 0 radical (unpaired) electrons. The minimum Gasteiger partial charge on any atom is -0.496 e. The lowest BCUT2D eigenvalue weighted by molar-refractivity contribution is -0.126. The highest BCUT2D eigenvalue weighted by Gasteiger charge is 2.29. The summed E-state index contributed by atoms with van der Waals surface area (Å²) in [5, 5.41) is 6.90. The Kier molecular flexibility index (Phi) is 6.33. The number of thiophene rings is 1. The second kappa shape index (κ2) is 9.30. The van der Waals surface area contributed by atoms with Gasteiger partial charge in [0.25, 0.3) is 5.91 Å². The summed E-state index contributed by atoms with van der Waals surface area (Å²) < 4.78 is 5.44. The van der Waals surface area contributed by atoms with Crippen LogP contribution >= 0.6 is 11.3 Å². The van der Waals surface area contributed by atoms with Gasteiger partial charge in [0.1, 0.15) is 5.75 Å². The molecule has 156 valence electrons. The third-order valence-electron chi connectivity index (χ3n) is 5.66. The van der Waals surface area contributed by atoms with Crippen LogP contribution in [0.15, 0.2) is 53.9 Å². The predicted molar refractivity (Wildman–Crippen MR) is 120 cm³/mol. The monoisotopic (exact) mass is 422 g/mol. The van der Waals surface area contributed by atoms with Crippen molar-refractivity contribution in [2.24, 2.45) is 5.92 Å². The number of carbonyl (C=O) groups excluding carboxylic acids is 2. The summed E-state index contributed by atoms with van der Waals surface area (Å²) in [5.41, 5.74) is 0.658. The van der Waals surface area contributed by atoms with Crippen LogP contribution in [0.3, 0.4) is 0 Å². The van der Waals surface area contributed by atoms with E-state index >= 15 is 0 Å². The first kappa shape index (κ1) is 20.4. The smallest absolute Gasteiger partial charge is 0.254 e. The molecule has 0 saturated carbocycles. The molecule has 1 N–H and O–H groups in total. The number of carbonyl (C=O) groups is 2. The van der Waals surface area contributed by atoms with Gasteiger partial charge < -0.3 is 15.0 Å². The molecule has 0 spiro atoms. The maximum absolute atomic E-state index is 13.3. The second-order valence-electron chi connectivity index (χ2n) is 7.57. The minimum atomic E-state index is -0.157. The van der Waals surface area contributed by atoms with E-state index in [0.29, 0.717) is 25.2 Å². The first-order valence-electron chi connectivity index (χ1n) is 10.3. The topological polar surface area (TPSA) is 58.6 Å². The number of amides is 2. The van der Waals surface area contributed by atoms with E-state index in [4.69, 9.17) is 4.74 Å². The lowest BCUT2D eigenvalue weighted by Crippen LogP contribution is -2.45. The maximum Gasteiger partial charge on any atom is 0.254 e. The number of ether oxygens (including phenoxy) is 1. The van der Waals surface area contributed by atoms with Crippen LogP contribution in [-0.4, -0.2) is 43.5 Å². The molecule has 6 heteroatoms. The Balaban J connectivity index is 1.43. The molecule has 30 heavy (non-hydrogen) atoms. The Morgan fingerprint density at radius 3 is 2.73 bits per heavy atom. The first-order chi connectivity index (χ1) is 14.7. The highest BCUT2D eigenvalue weighted by Crippen LogP contribution is 2.30. The predicted octanol–water partition coefficient (Wildman–Crippen LogP) is 4.12. The second-order valence-corrected chi connectivity index (χ2v) is 8.60. The highest BCUT2D eigenvalue weighted by atomic mass is 32.1. The molecule has 1 atom stereocenters. The van der Waals surface area contributed by atoms with Crippen molar-refractivity contribution in [3.63, 3.8) is 0 Å².